The molecule has 1 aliphatic heterocycles. The Morgan fingerprint density at radius 2 is 1.91 bits per heavy atom. The number of nitrogens with zero attached hydrogens (tertiary/aromatic N) is 2. The van der Waals surface area contributed by atoms with Crippen molar-refractivity contribution in [2.45, 2.75) is 37.8 Å². The van der Waals surface area contributed by atoms with E-state index in [0.29, 0.717) is 18.9 Å². The molecule has 2 atom stereocenters. The number of aromatic nitrogens is 2. The molecule has 0 saturated heterocycles. The second-order valence-corrected chi connectivity index (χ2v) is 6.23. The minimum atomic E-state index is -1.18. The van der Waals surface area contributed by atoms with E-state index in [0.717, 1.165) is 42.9 Å². The van der Waals surface area contributed by atoms with Gasteiger partial charge in [0.15, 0.2) is 11.6 Å². The third kappa shape index (κ3) is 2.30. The molecule has 4 nitrogen and oxygen atoms in total. The first kappa shape index (κ1) is 14.6. The first-order chi connectivity index (χ1) is 11.0. The van der Waals surface area contributed by atoms with Gasteiger partial charge in [0.1, 0.15) is 5.82 Å². The lowest BCUT2D eigenvalue weighted by molar-refractivity contribution is 0.439. The molecule has 0 saturated carbocycles. The fourth-order valence-corrected chi connectivity index (χ4v) is 3.63. The van der Waals surface area contributed by atoms with E-state index in [1.165, 1.54) is 0 Å². The summed E-state index contributed by atoms with van der Waals surface area (Å²) in [5, 5.41) is 3.24. The van der Waals surface area contributed by atoms with Crippen molar-refractivity contribution in [2.24, 2.45) is 5.73 Å². The quantitative estimate of drug-likeness (QED) is 0.792. The maximum Gasteiger partial charge on any atom is 0.203 e. The normalized spacial score (nSPS) is 23.1. The molecule has 1 aromatic carbocycles. The van der Waals surface area contributed by atoms with Crippen LogP contribution in [0.4, 0.5) is 19.1 Å². The Balaban J connectivity index is 1.73. The average molecular weight is 322 g/mol. The van der Waals surface area contributed by atoms with Crippen molar-refractivity contribution in [3.05, 3.63) is 46.5 Å². The first-order valence-corrected chi connectivity index (χ1v) is 7.76. The van der Waals surface area contributed by atoms with Gasteiger partial charge in [0.2, 0.25) is 5.95 Å². The summed E-state index contributed by atoms with van der Waals surface area (Å²) in [5.41, 5.74) is 8.29. The van der Waals surface area contributed by atoms with Gasteiger partial charge < -0.3 is 15.6 Å². The molecule has 0 radical (unpaired) electrons. The number of nitrogens with two attached hydrogens (primary N) is 1. The molecular weight excluding hydrogens is 305 g/mol. The van der Waals surface area contributed by atoms with E-state index in [-0.39, 0.29) is 11.6 Å². The summed E-state index contributed by atoms with van der Waals surface area (Å²) >= 11 is 0. The number of halogens is 3. The zero-order chi connectivity index (χ0) is 16.1. The van der Waals surface area contributed by atoms with Crippen molar-refractivity contribution in [3.8, 4) is 0 Å². The van der Waals surface area contributed by atoms with Crippen LogP contribution >= 0.6 is 0 Å². The van der Waals surface area contributed by atoms with E-state index >= 15 is 0 Å². The van der Waals surface area contributed by atoms with Gasteiger partial charge in [-0.2, -0.15) is 0 Å². The van der Waals surface area contributed by atoms with E-state index in [1.807, 2.05) is 0 Å². The highest BCUT2D eigenvalue weighted by molar-refractivity contribution is 5.40. The molecule has 0 spiro atoms. The van der Waals surface area contributed by atoms with Crippen LogP contribution in [0.15, 0.2) is 12.1 Å². The second-order valence-electron chi connectivity index (χ2n) is 6.23. The number of hydrogen-bond acceptors (Lipinski definition) is 3. The smallest absolute Gasteiger partial charge is 0.203 e. The monoisotopic (exact) mass is 322 g/mol. The summed E-state index contributed by atoms with van der Waals surface area (Å²) in [5.74, 6) is -2.58. The molecule has 2 heterocycles. The van der Waals surface area contributed by atoms with Crippen molar-refractivity contribution >= 4 is 5.95 Å². The standard InChI is InChI=1S/C16H17F3N4/c17-10-6-12(19)11(18)4-8(10)9-5-14-15(7-13(9)20)23-3-1-2-21-16(23)22-14/h4,6,9,13H,1-3,5,7,20H2,(H,21,22)/t9-,13+/m1/s1. The zero-order valence-electron chi connectivity index (χ0n) is 12.5. The Morgan fingerprint density at radius 1 is 1.13 bits per heavy atom. The number of benzene rings is 1. The molecule has 7 heteroatoms. The van der Waals surface area contributed by atoms with E-state index in [1.54, 1.807) is 0 Å². The number of imidazole rings is 1. The molecule has 1 aromatic heterocycles. The van der Waals surface area contributed by atoms with Crippen molar-refractivity contribution in [1.82, 2.24) is 9.55 Å². The Morgan fingerprint density at radius 3 is 2.74 bits per heavy atom. The van der Waals surface area contributed by atoms with Crippen LogP contribution < -0.4 is 11.1 Å². The van der Waals surface area contributed by atoms with Gasteiger partial charge in [-0.3, -0.25) is 0 Å². The lowest BCUT2D eigenvalue weighted by Gasteiger charge is -2.30. The van der Waals surface area contributed by atoms with Gasteiger partial charge in [0, 0.05) is 49.7 Å². The fraction of sp³-hybridized carbons (Fsp3) is 0.438. The highest BCUT2D eigenvalue weighted by Gasteiger charge is 2.34. The first-order valence-electron chi connectivity index (χ1n) is 7.76. The predicted octanol–water partition coefficient (Wildman–Crippen LogP) is 2.33. The summed E-state index contributed by atoms with van der Waals surface area (Å²) < 4.78 is 42.9. The minimum absolute atomic E-state index is 0.126. The maximum atomic E-state index is 14.1. The molecule has 2 aliphatic rings. The van der Waals surface area contributed by atoms with Crippen LogP contribution in [0.1, 0.15) is 29.3 Å². The van der Waals surface area contributed by atoms with Gasteiger partial charge in [0.05, 0.1) is 5.69 Å². The third-order valence-electron chi connectivity index (χ3n) is 4.80. The average Bonchev–Trinajstić information content (AvgIpc) is 2.88. The molecule has 0 fully saturated rings. The SMILES string of the molecule is N[C@H]1Cc2c(nc3n2CCCN3)C[C@@H]1c1cc(F)c(F)cc1F. The van der Waals surface area contributed by atoms with Gasteiger partial charge in [-0.05, 0) is 18.1 Å². The fourth-order valence-electron chi connectivity index (χ4n) is 3.63. The van der Waals surface area contributed by atoms with Gasteiger partial charge >= 0.3 is 0 Å². The van der Waals surface area contributed by atoms with Gasteiger partial charge in [-0.25, -0.2) is 18.2 Å². The Labute approximate surface area is 131 Å². The summed E-state index contributed by atoms with van der Waals surface area (Å²) in [6, 6.07) is 1.16. The zero-order valence-corrected chi connectivity index (χ0v) is 12.5. The number of anilines is 1. The van der Waals surface area contributed by atoms with Crippen LogP contribution in [0.2, 0.25) is 0 Å². The molecule has 2 aromatic rings. The molecule has 4 rings (SSSR count). The van der Waals surface area contributed by atoms with Gasteiger partial charge in [-0.15, -0.1) is 0 Å². The van der Waals surface area contributed by atoms with Crippen LogP contribution in [0.25, 0.3) is 0 Å². The van der Waals surface area contributed by atoms with E-state index < -0.39 is 23.4 Å². The molecule has 3 N–H and O–H groups in total. The van der Waals surface area contributed by atoms with Gasteiger partial charge in [0.25, 0.3) is 0 Å². The van der Waals surface area contributed by atoms with E-state index in [9.17, 15) is 13.2 Å². The van der Waals surface area contributed by atoms with E-state index in [4.69, 9.17) is 5.73 Å². The summed E-state index contributed by atoms with van der Waals surface area (Å²) in [6.07, 6.45) is 2.00. The molecule has 0 bridgehead atoms. The Hall–Kier alpha value is -2.02. The van der Waals surface area contributed by atoms with Crippen molar-refractivity contribution in [3.63, 3.8) is 0 Å². The molecule has 23 heavy (non-hydrogen) atoms. The number of hydrogen-bond donors (Lipinski definition) is 2. The molecule has 1 aliphatic carbocycles. The minimum Gasteiger partial charge on any atom is -0.356 e. The van der Waals surface area contributed by atoms with Crippen molar-refractivity contribution < 1.29 is 13.2 Å². The maximum absolute atomic E-state index is 14.1. The van der Waals surface area contributed by atoms with Crippen LogP contribution in [0, 0.1) is 17.5 Å². The molecular formula is C16H17F3N4. The third-order valence-corrected chi connectivity index (χ3v) is 4.80. The highest BCUT2D eigenvalue weighted by Crippen LogP contribution is 2.35. The predicted molar refractivity (Wildman–Crippen MR) is 79.8 cm³/mol. The second kappa shape index (κ2) is 5.26. The Bertz CT molecular complexity index is 771. The van der Waals surface area contributed by atoms with Crippen LogP contribution in [0.3, 0.4) is 0 Å². The van der Waals surface area contributed by atoms with E-state index in [2.05, 4.69) is 14.9 Å². The molecule has 122 valence electrons. The number of rotatable bonds is 1. The largest absolute Gasteiger partial charge is 0.356 e. The highest BCUT2D eigenvalue weighted by atomic mass is 19.2. The van der Waals surface area contributed by atoms with Crippen LogP contribution in [0.5, 0.6) is 0 Å². The lowest BCUT2D eigenvalue weighted by Crippen LogP contribution is -2.37. The topological polar surface area (TPSA) is 55.9 Å². The van der Waals surface area contributed by atoms with Crippen LogP contribution in [-0.4, -0.2) is 22.1 Å². The van der Waals surface area contributed by atoms with Gasteiger partial charge in [-0.1, -0.05) is 0 Å². The number of nitrogens with one attached hydrogen (secondary N) is 1. The Kier molecular flexibility index (Phi) is 3.33. The lowest BCUT2D eigenvalue weighted by atomic mass is 9.80. The number of fused-ring (bicyclic) bond motifs is 3. The molecule has 0 unspecified atom stereocenters. The van der Waals surface area contributed by atoms with Crippen molar-refractivity contribution in [2.75, 3.05) is 11.9 Å². The summed E-state index contributed by atoms with van der Waals surface area (Å²) in [6.45, 7) is 1.77. The summed E-state index contributed by atoms with van der Waals surface area (Å²) in [7, 11) is 0. The molecule has 0 amide bonds. The summed E-state index contributed by atoms with van der Waals surface area (Å²) in [4.78, 5) is 4.58. The van der Waals surface area contributed by atoms with Crippen molar-refractivity contribution in [1.29, 1.82) is 0 Å². The van der Waals surface area contributed by atoms with Crippen LogP contribution in [-0.2, 0) is 19.4 Å².